The lowest BCUT2D eigenvalue weighted by molar-refractivity contribution is -0.384. The van der Waals surface area contributed by atoms with Gasteiger partial charge >= 0.3 is 0 Å². The second-order valence-electron chi connectivity index (χ2n) is 4.34. The van der Waals surface area contributed by atoms with E-state index in [1.165, 1.54) is 18.2 Å². The summed E-state index contributed by atoms with van der Waals surface area (Å²) < 4.78 is 1.03. The molecular formula is C14H10ClIN2O3. The largest absolute Gasteiger partial charge is 0.322 e. The predicted octanol–water partition coefficient (Wildman–Crippen LogP) is 4.41. The smallest absolute Gasteiger partial charge is 0.287 e. The van der Waals surface area contributed by atoms with Gasteiger partial charge in [-0.3, -0.25) is 14.9 Å². The van der Waals surface area contributed by atoms with Gasteiger partial charge in [-0.25, -0.2) is 0 Å². The van der Waals surface area contributed by atoms with Crippen molar-refractivity contribution in [3.05, 3.63) is 66.2 Å². The summed E-state index contributed by atoms with van der Waals surface area (Å²) in [5.41, 5.74) is 1.82. The number of nitrogens with zero attached hydrogens (tertiary/aromatic N) is 1. The van der Waals surface area contributed by atoms with E-state index in [1.807, 2.05) is 19.1 Å². The van der Waals surface area contributed by atoms with E-state index in [2.05, 4.69) is 27.9 Å². The normalized spacial score (nSPS) is 10.2. The first-order valence-corrected chi connectivity index (χ1v) is 7.35. The van der Waals surface area contributed by atoms with Crippen LogP contribution in [0.15, 0.2) is 36.4 Å². The Morgan fingerprint density at radius 3 is 2.57 bits per heavy atom. The highest BCUT2D eigenvalue weighted by atomic mass is 127. The van der Waals surface area contributed by atoms with Crippen LogP contribution in [0.2, 0.25) is 5.02 Å². The third-order valence-electron chi connectivity index (χ3n) is 2.84. The number of amides is 1. The molecular weight excluding hydrogens is 407 g/mol. The molecule has 0 saturated heterocycles. The molecule has 0 fully saturated rings. The van der Waals surface area contributed by atoms with Crippen LogP contribution in [0.1, 0.15) is 15.9 Å². The molecule has 0 aliphatic carbocycles. The topological polar surface area (TPSA) is 72.2 Å². The molecule has 7 heteroatoms. The van der Waals surface area contributed by atoms with Crippen molar-refractivity contribution in [3.8, 4) is 0 Å². The third-order valence-corrected chi connectivity index (χ3v) is 4.30. The summed E-state index contributed by atoms with van der Waals surface area (Å²) in [5, 5.41) is 13.3. The Morgan fingerprint density at radius 2 is 2.00 bits per heavy atom. The van der Waals surface area contributed by atoms with E-state index < -0.39 is 4.92 Å². The number of nitro groups is 1. The average Bonchev–Trinajstić information content (AvgIpc) is 2.42. The van der Waals surface area contributed by atoms with E-state index in [0.29, 0.717) is 5.69 Å². The van der Waals surface area contributed by atoms with Gasteiger partial charge in [0.2, 0.25) is 0 Å². The maximum Gasteiger partial charge on any atom is 0.287 e. The molecule has 0 atom stereocenters. The maximum atomic E-state index is 12.1. The molecule has 2 aromatic carbocycles. The molecule has 0 spiro atoms. The SMILES string of the molecule is Cc1ccc(NC(=O)c2ccc([N+](=O)[O-])c(Cl)c2)cc1I. The van der Waals surface area contributed by atoms with Crippen molar-refractivity contribution in [1.82, 2.24) is 0 Å². The van der Waals surface area contributed by atoms with Crippen LogP contribution in [-0.4, -0.2) is 10.8 Å². The van der Waals surface area contributed by atoms with Crippen LogP contribution in [0, 0.1) is 20.6 Å². The van der Waals surface area contributed by atoms with E-state index in [1.54, 1.807) is 6.07 Å². The second kappa shape index (κ2) is 6.40. The van der Waals surface area contributed by atoms with Gasteiger partial charge < -0.3 is 5.32 Å². The quantitative estimate of drug-likeness (QED) is 0.457. The zero-order valence-electron chi connectivity index (χ0n) is 10.9. The van der Waals surface area contributed by atoms with Crippen LogP contribution in [0.3, 0.4) is 0 Å². The molecule has 108 valence electrons. The lowest BCUT2D eigenvalue weighted by Gasteiger charge is -2.07. The molecule has 0 aliphatic rings. The molecule has 1 N–H and O–H groups in total. The highest BCUT2D eigenvalue weighted by molar-refractivity contribution is 14.1. The number of rotatable bonds is 3. The first kappa shape index (κ1) is 15.7. The summed E-state index contributed by atoms with van der Waals surface area (Å²) in [6.07, 6.45) is 0. The third kappa shape index (κ3) is 3.70. The Bertz CT molecular complexity index is 734. The minimum atomic E-state index is -0.591. The maximum absolute atomic E-state index is 12.1. The Kier molecular flexibility index (Phi) is 4.79. The van der Waals surface area contributed by atoms with E-state index in [4.69, 9.17) is 11.6 Å². The van der Waals surface area contributed by atoms with Gasteiger partial charge in [0.1, 0.15) is 5.02 Å². The molecule has 0 radical (unpaired) electrons. The number of nitro benzene ring substituents is 1. The van der Waals surface area contributed by atoms with Crippen LogP contribution >= 0.6 is 34.2 Å². The number of aryl methyl sites for hydroxylation is 1. The molecule has 0 heterocycles. The van der Waals surface area contributed by atoms with Crippen LogP contribution in [-0.2, 0) is 0 Å². The first-order valence-electron chi connectivity index (χ1n) is 5.90. The molecule has 0 bridgehead atoms. The summed E-state index contributed by atoms with van der Waals surface area (Å²) in [6, 6.07) is 9.42. The Morgan fingerprint density at radius 1 is 1.29 bits per heavy atom. The Hall–Kier alpha value is -1.67. The van der Waals surface area contributed by atoms with Gasteiger partial charge in [-0.05, 0) is 59.3 Å². The van der Waals surface area contributed by atoms with Crippen molar-refractivity contribution in [2.45, 2.75) is 6.92 Å². The van der Waals surface area contributed by atoms with Crippen LogP contribution < -0.4 is 5.32 Å². The summed E-state index contributed by atoms with van der Waals surface area (Å²) >= 11 is 7.98. The number of benzene rings is 2. The number of carbonyl (C=O) groups excluding carboxylic acids is 1. The number of hydrogen-bond donors (Lipinski definition) is 1. The molecule has 0 saturated carbocycles. The predicted molar refractivity (Wildman–Crippen MR) is 90.0 cm³/mol. The fourth-order valence-corrected chi connectivity index (χ4v) is 2.43. The molecule has 2 rings (SSSR count). The molecule has 0 unspecified atom stereocenters. The number of carbonyl (C=O) groups is 1. The minimum absolute atomic E-state index is 0.0638. The van der Waals surface area contributed by atoms with Gasteiger partial charge in [-0.1, -0.05) is 17.7 Å². The van der Waals surface area contributed by atoms with Crippen molar-refractivity contribution in [3.63, 3.8) is 0 Å². The van der Waals surface area contributed by atoms with Gasteiger partial charge in [-0.2, -0.15) is 0 Å². The fourth-order valence-electron chi connectivity index (χ4n) is 1.67. The number of nitrogens with one attached hydrogen (secondary N) is 1. The fraction of sp³-hybridized carbons (Fsp3) is 0.0714. The van der Waals surface area contributed by atoms with Crippen LogP contribution in [0.5, 0.6) is 0 Å². The standard InChI is InChI=1S/C14H10ClIN2O3/c1-8-2-4-10(7-12(8)16)17-14(19)9-3-5-13(18(20)21)11(15)6-9/h2-7H,1H3,(H,17,19). The lowest BCUT2D eigenvalue weighted by Crippen LogP contribution is -2.12. The first-order chi connectivity index (χ1) is 9.88. The Balaban J connectivity index is 2.22. The van der Waals surface area contributed by atoms with Crippen molar-refractivity contribution in [2.75, 3.05) is 5.32 Å². The van der Waals surface area contributed by atoms with E-state index in [0.717, 1.165) is 9.13 Å². The van der Waals surface area contributed by atoms with Gasteiger partial charge in [0.25, 0.3) is 11.6 Å². The molecule has 0 aromatic heterocycles. The zero-order chi connectivity index (χ0) is 15.6. The van der Waals surface area contributed by atoms with Crippen LogP contribution in [0.4, 0.5) is 11.4 Å². The van der Waals surface area contributed by atoms with E-state index in [-0.39, 0.29) is 22.2 Å². The number of halogens is 2. The number of anilines is 1. The van der Waals surface area contributed by atoms with Gasteiger partial charge in [0.05, 0.1) is 4.92 Å². The summed E-state index contributed by atoms with van der Waals surface area (Å²) in [5.74, 6) is -0.369. The second-order valence-corrected chi connectivity index (χ2v) is 5.91. The van der Waals surface area contributed by atoms with E-state index >= 15 is 0 Å². The van der Waals surface area contributed by atoms with E-state index in [9.17, 15) is 14.9 Å². The van der Waals surface area contributed by atoms with Crippen molar-refractivity contribution >= 4 is 51.5 Å². The highest BCUT2D eigenvalue weighted by Crippen LogP contribution is 2.25. The highest BCUT2D eigenvalue weighted by Gasteiger charge is 2.15. The molecule has 0 aliphatic heterocycles. The van der Waals surface area contributed by atoms with Crippen molar-refractivity contribution < 1.29 is 9.72 Å². The van der Waals surface area contributed by atoms with Crippen LogP contribution in [0.25, 0.3) is 0 Å². The number of hydrogen-bond acceptors (Lipinski definition) is 3. The van der Waals surface area contributed by atoms with Crippen molar-refractivity contribution in [2.24, 2.45) is 0 Å². The monoisotopic (exact) mass is 416 g/mol. The van der Waals surface area contributed by atoms with Gasteiger partial charge in [0, 0.05) is 20.9 Å². The average molecular weight is 417 g/mol. The molecule has 2 aromatic rings. The molecule has 5 nitrogen and oxygen atoms in total. The lowest BCUT2D eigenvalue weighted by atomic mass is 10.1. The van der Waals surface area contributed by atoms with Gasteiger partial charge in [0.15, 0.2) is 0 Å². The minimum Gasteiger partial charge on any atom is -0.322 e. The Labute approximate surface area is 139 Å². The summed E-state index contributed by atoms with van der Waals surface area (Å²) in [4.78, 5) is 22.2. The molecule has 21 heavy (non-hydrogen) atoms. The molecule has 1 amide bonds. The van der Waals surface area contributed by atoms with Gasteiger partial charge in [-0.15, -0.1) is 0 Å². The summed E-state index contributed by atoms with van der Waals surface area (Å²) in [6.45, 7) is 1.98. The zero-order valence-corrected chi connectivity index (χ0v) is 13.8. The summed E-state index contributed by atoms with van der Waals surface area (Å²) in [7, 11) is 0. The van der Waals surface area contributed by atoms with Crippen molar-refractivity contribution in [1.29, 1.82) is 0 Å².